The summed E-state index contributed by atoms with van der Waals surface area (Å²) in [6, 6.07) is 6.42. The molecular formula is C25H36N4O5S. The van der Waals surface area contributed by atoms with E-state index in [1.807, 2.05) is 27.7 Å². The molecule has 0 saturated heterocycles. The van der Waals surface area contributed by atoms with Crippen molar-refractivity contribution in [2.45, 2.75) is 40.5 Å². The van der Waals surface area contributed by atoms with E-state index in [4.69, 9.17) is 9.88 Å². The summed E-state index contributed by atoms with van der Waals surface area (Å²) in [6.45, 7) is 10.4. The Labute approximate surface area is 207 Å². The average Bonchev–Trinajstić information content (AvgIpc) is 3.20. The molecule has 0 atom stereocenters. The van der Waals surface area contributed by atoms with E-state index < -0.39 is 10.2 Å². The van der Waals surface area contributed by atoms with Crippen LogP contribution < -0.4 is 20.1 Å². The Morgan fingerprint density at radius 2 is 1.91 bits per heavy atom. The quantitative estimate of drug-likeness (QED) is 0.393. The smallest absolute Gasteiger partial charge is 0.296 e. The number of hydrogen-bond donors (Lipinski definition) is 4. The number of amides is 1. The van der Waals surface area contributed by atoms with Crippen molar-refractivity contribution in [3.63, 3.8) is 0 Å². The molecule has 0 aromatic heterocycles. The molecule has 0 fully saturated rings. The minimum absolute atomic E-state index is 0.0671. The summed E-state index contributed by atoms with van der Waals surface area (Å²) in [5.41, 5.74) is 5.29. The lowest BCUT2D eigenvalue weighted by Crippen LogP contribution is -2.36. The molecule has 0 unspecified atom stereocenters. The number of phenols is 1. The number of carbonyl (C=O) groups excluding carboxylic acids is 1. The van der Waals surface area contributed by atoms with Gasteiger partial charge in [-0.1, -0.05) is 26.0 Å². The lowest BCUT2D eigenvalue weighted by Gasteiger charge is -2.31. The van der Waals surface area contributed by atoms with Crippen molar-refractivity contribution in [2.24, 2.45) is 10.6 Å². The maximum atomic E-state index is 12.7. The molecule has 2 aromatic carbocycles. The Morgan fingerprint density at radius 3 is 2.54 bits per heavy atom. The van der Waals surface area contributed by atoms with Crippen LogP contribution in [0.5, 0.6) is 5.75 Å². The lowest BCUT2D eigenvalue weighted by atomic mass is 9.81. The molecular weight excluding hydrogens is 468 g/mol. The first-order chi connectivity index (χ1) is 16.3. The molecule has 0 radical (unpaired) electrons. The minimum atomic E-state index is -3.95. The van der Waals surface area contributed by atoms with E-state index in [0.29, 0.717) is 25.3 Å². The minimum Gasteiger partial charge on any atom is -0.507 e. The fourth-order valence-corrected chi connectivity index (χ4v) is 5.32. The zero-order chi connectivity index (χ0) is 26.0. The Bertz CT molecular complexity index is 1210. The molecule has 1 aliphatic heterocycles. The number of para-hydroxylation sites is 1. The van der Waals surface area contributed by atoms with Crippen LogP contribution >= 0.6 is 0 Å². The van der Waals surface area contributed by atoms with Gasteiger partial charge >= 0.3 is 0 Å². The summed E-state index contributed by atoms with van der Waals surface area (Å²) in [6.07, 6.45) is 1.38. The van der Waals surface area contributed by atoms with Gasteiger partial charge in [0.15, 0.2) is 0 Å². The first-order valence-electron chi connectivity index (χ1n) is 11.6. The van der Waals surface area contributed by atoms with E-state index in [-0.39, 0.29) is 22.6 Å². The van der Waals surface area contributed by atoms with E-state index >= 15 is 0 Å². The number of nitrogens with one attached hydrogen (secondary N) is 2. The average molecular weight is 505 g/mol. The van der Waals surface area contributed by atoms with Crippen LogP contribution in [0.4, 0.5) is 11.4 Å². The fourth-order valence-electron chi connectivity index (χ4n) is 4.72. The second kappa shape index (κ2) is 10.4. The molecule has 35 heavy (non-hydrogen) atoms. The highest BCUT2D eigenvalue weighted by Crippen LogP contribution is 2.43. The number of hydrogen-bond acceptors (Lipinski definition) is 6. The maximum absolute atomic E-state index is 12.7. The van der Waals surface area contributed by atoms with Crippen LogP contribution in [0.3, 0.4) is 0 Å². The zero-order valence-electron chi connectivity index (χ0n) is 21.1. The SMILES string of the molecule is COCCN1CCc2c(C)c(NS(N)(=O)=O)c(C)c(CC(C)(C)CNC(=O)c3ccccc3O)c21. The molecule has 10 heteroatoms. The van der Waals surface area contributed by atoms with Crippen molar-refractivity contribution in [1.29, 1.82) is 0 Å². The van der Waals surface area contributed by atoms with Gasteiger partial charge in [0.05, 0.1) is 17.9 Å². The molecule has 1 aliphatic rings. The third kappa shape index (κ3) is 6.25. The van der Waals surface area contributed by atoms with Gasteiger partial charge in [0.2, 0.25) is 0 Å². The fraction of sp³-hybridized carbons (Fsp3) is 0.480. The van der Waals surface area contributed by atoms with Crippen LogP contribution in [0.25, 0.3) is 0 Å². The number of aromatic hydroxyl groups is 1. The molecule has 3 rings (SSSR count). The van der Waals surface area contributed by atoms with Crippen LogP contribution in [-0.2, 0) is 27.8 Å². The molecule has 0 aliphatic carbocycles. The highest BCUT2D eigenvalue weighted by atomic mass is 32.2. The normalized spacial score (nSPS) is 13.6. The van der Waals surface area contributed by atoms with Crippen LogP contribution in [0.2, 0.25) is 0 Å². The third-order valence-electron chi connectivity index (χ3n) is 6.52. The third-order valence-corrected chi connectivity index (χ3v) is 7.00. The van der Waals surface area contributed by atoms with Crippen LogP contribution in [0.1, 0.15) is 46.5 Å². The number of nitrogens with zero attached hydrogens (tertiary/aromatic N) is 1. The Balaban J connectivity index is 1.95. The van der Waals surface area contributed by atoms with E-state index in [9.17, 15) is 18.3 Å². The number of rotatable bonds is 10. The van der Waals surface area contributed by atoms with E-state index in [2.05, 4.69) is 14.9 Å². The number of phenolic OH excluding ortho intramolecular Hbond substituents is 1. The number of ether oxygens (including phenoxy) is 1. The molecule has 1 heterocycles. The van der Waals surface area contributed by atoms with Gasteiger partial charge < -0.3 is 20.1 Å². The zero-order valence-corrected chi connectivity index (χ0v) is 21.9. The Kier molecular flexibility index (Phi) is 7.98. The van der Waals surface area contributed by atoms with Crippen molar-refractivity contribution < 1.29 is 23.1 Å². The lowest BCUT2D eigenvalue weighted by molar-refractivity contribution is 0.0933. The van der Waals surface area contributed by atoms with Gasteiger partial charge in [0, 0.05) is 32.4 Å². The van der Waals surface area contributed by atoms with Gasteiger partial charge in [-0.25, -0.2) is 5.14 Å². The van der Waals surface area contributed by atoms with Crippen LogP contribution in [0, 0.1) is 19.3 Å². The molecule has 1 amide bonds. The Hall–Kier alpha value is -2.82. The predicted octanol–water partition coefficient (Wildman–Crippen LogP) is 2.63. The largest absolute Gasteiger partial charge is 0.507 e. The molecule has 0 saturated carbocycles. The van der Waals surface area contributed by atoms with Gasteiger partial charge in [-0.05, 0) is 66.5 Å². The van der Waals surface area contributed by atoms with Crippen molar-refractivity contribution >= 4 is 27.5 Å². The van der Waals surface area contributed by atoms with Crippen LogP contribution in [-0.4, -0.2) is 52.8 Å². The summed E-state index contributed by atoms with van der Waals surface area (Å²) in [7, 11) is -2.28. The van der Waals surface area contributed by atoms with Crippen LogP contribution in [0.15, 0.2) is 24.3 Å². The summed E-state index contributed by atoms with van der Waals surface area (Å²) in [5, 5.41) is 18.3. The van der Waals surface area contributed by atoms with Gasteiger partial charge in [0.1, 0.15) is 5.75 Å². The summed E-state index contributed by atoms with van der Waals surface area (Å²) >= 11 is 0. The van der Waals surface area contributed by atoms with Crippen molar-refractivity contribution in [1.82, 2.24) is 5.32 Å². The summed E-state index contributed by atoms with van der Waals surface area (Å²) in [4.78, 5) is 14.9. The van der Waals surface area contributed by atoms with E-state index in [1.165, 1.54) is 6.07 Å². The standard InChI is InChI=1S/C25H36N4O5S/c1-16-18-10-11-29(12-13-34-5)23(18)20(17(2)22(16)28-35(26,32)33)14-25(3,4)15-27-24(31)19-8-6-7-9-21(19)30/h6-9,28,30H,10-15H2,1-5H3,(H,27,31)(H2,26,32,33). The molecule has 0 spiro atoms. The molecule has 192 valence electrons. The monoisotopic (exact) mass is 504 g/mol. The second-order valence-corrected chi connectivity index (χ2v) is 11.1. The van der Waals surface area contributed by atoms with Crippen molar-refractivity contribution in [3.8, 4) is 5.75 Å². The Morgan fingerprint density at radius 1 is 1.23 bits per heavy atom. The first kappa shape index (κ1) is 26.8. The van der Waals surface area contributed by atoms with E-state index in [0.717, 1.165) is 47.5 Å². The first-order valence-corrected chi connectivity index (χ1v) is 13.1. The molecule has 2 aromatic rings. The number of nitrogens with two attached hydrogens (primary N) is 1. The maximum Gasteiger partial charge on any atom is 0.296 e. The summed E-state index contributed by atoms with van der Waals surface area (Å²) < 4.78 is 31.7. The number of methoxy groups -OCH3 is 1. The van der Waals surface area contributed by atoms with Crippen molar-refractivity contribution in [2.75, 3.05) is 43.0 Å². The highest BCUT2D eigenvalue weighted by molar-refractivity contribution is 7.90. The van der Waals surface area contributed by atoms with E-state index in [1.54, 1.807) is 25.3 Å². The number of fused-ring (bicyclic) bond motifs is 1. The number of anilines is 2. The second-order valence-electron chi connectivity index (χ2n) is 9.85. The number of carbonyl (C=O) groups is 1. The molecule has 9 nitrogen and oxygen atoms in total. The topological polar surface area (TPSA) is 134 Å². The highest BCUT2D eigenvalue weighted by Gasteiger charge is 2.32. The van der Waals surface area contributed by atoms with Gasteiger partial charge in [0.25, 0.3) is 16.1 Å². The van der Waals surface area contributed by atoms with Gasteiger partial charge in [-0.15, -0.1) is 0 Å². The van der Waals surface area contributed by atoms with Gasteiger partial charge in [-0.3, -0.25) is 9.52 Å². The molecule has 5 N–H and O–H groups in total. The predicted molar refractivity (Wildman–Crippen MR) is 138 cm³/mol. The van der Waals surface area contributed by atoms with Crippen molar-refractivity contribution in [3.05, 3.63) is 52.1 Å². The number of benzene rings is 2. The molecule has 0 bridgehead atoms. The van der Waals surface area contributed by atoms with Gasteiger partial charge in [-0.2, -0.15) is 8.42 Å². The summed E-state index contributed by atoms with van der Waals surface area (Å²) in [5.74, 6) is -0.414.